The van der Waals surface area contributed by atoms with Crippen LogP contribution in [0.3, 0.4) is 0 Å². The second-order valence-electron chi connectivity index (χ2n) is 7.24. The highest BCUT2D eigenvalue weighted by Crippen LogP contribution is 2.16. The van der Waals surface area contributed by atoms with Crippen LogP contribution in [0.2, 0.25) is 0 Å². The molecular weight excluding hydrogens is 368 g/mol. The number of carbonyl (C=O) groups excluding carboxylic acids is 2. The number of hydrogen-bond acceptors (Lipinski definition) is 5. The molecule has 1 heterocycles. The van der Waals surface area contributed by atoms with Crippen molar-refractivity contribution in [1.82, 2.24) is 25.5 Å². The highest BCUT2D eigenvalue weighted by Gasteiger charge is 2.25. The molecule has 2 aromatic carbocycles. The summed E-state index contributed by atoms with van der Waals surface area (Å²) in [7, 11) is 0. The van der Waals surface area contributed by atoms with E-state index in [2.05, 4.69) is 26.2 Å². The summed E-state index contributed by atoms with van der Waals surface area (Å²) in [5.41, 5.74) is 2.84. The van der Waals surface area contributed by atoms with Crippen LogP contribution in [0.1, 0.15) is 35.6 Å². The predicted octanol–water partition coefficient (Wildman–Crippen LogP) is 2.67. The van der Waals surface area contributed by atoms with Crippen LogP contribution in [-0.4, -0.2) is 38.1 Å². The van der Waals surface area contributed by atoms with Crippen molar-refractivity contribution in [1.29, 1.82) is 0 Å². The first-order chi connectivity index (χ1) is 13.8. The third-order valence-corrected chi connectivity index (χ3v) is 4.50. The first-order valence-electron chi connectivity index (χ1n) is 9.39. The van der Waals surface area contributed by atoms with E-state index in [0.29, 0.717) is 17.1 Å². The Morgan fingerprint density at radius 1 is 1.03 bits per heavy atom. The van der Waals surface area contributed by atoms with Gasteiger partial charge in [-0.25, -0.2) is 0 Å². The molecule has 0 aliphatic carbocycles. The summed E-state index contributed by atoms with van der Waals surface area (Å²) < 4.78 is 1.58. The molecule has 0 aliphatic heterocycles. The molecule has 2 N–H and O–H groups in total. The van der Waals surface area contributed by atoms with Crippen LogP contribution in [0.25, 0.3) is 5.69 Å². The first kappa shape index (κ1) is 20.2. The van der Waals surface area contributed by atoms with Crippen molar-refractivity contribution >= 4 is 17.5 Å². The SMILES string of the molecule is Cc1cccc(C(=O)NC(C(=O)Nc2cccc(-n3nnnc3C)c2)C(C)C)c1. The number of nitrogens with one attached hydrogen (secondary N) is 2. The molecule has 0 bridgehead atoms. The van der Waals surface area contributed by atoms with E-state index in [1.807, 2.05) is 45.0 Å². The molecule has 3 aromatic rings. The van der Waals surface area contributed by atoms with Crippen molar-refractivity contribution in [2.75, 3.05) is 5.32 Å². The molecule has 3 rings (SSSR count). The predicted molar refractivity (Wildman–Crippen MR) is 110 cm³/mol. The third-order valence-electron chi connectivity index (χ3n) is 4.50. The molecule has 0 fully saturated rings. The molecule has 0 saturated heterocycles. The number of anilines is 1. The number of aryl methyl sites for hydroxylation is 2. The number of rotatable bonds is 6. The number of amides is 2. The van der Waals surface area contributed by atoms with Gasteiger partial charge in [0.2, 0.25) is 5.91 Å². The molecule has 1 atom stereocenters. The van der Waals surface area contributed by atoms with Crippen LogP contribution in [0, 0.1) is 19.8 Å². The lowest BCUT2D eigenvalue weighted by Crippen LogP contribution is -2.47. The summed E-state index contributed by atoms with van der Waals surface area (Å²) in [6.45, 7) is 7.49. The van der Waals surface area contributed by atoms with Crippen LogP contribution in [0.15, 0.2) is 48.5 Å². The van der Waals surface area contributed by atoms with Crippen LogP contribution >= 0.6 is 0 Å². The standard InChI is InChI=1S/C21H24N6O2/c1-13(2)19(23-20(28)16-8-5-7-14(3)11-16)21(29)22-17-9-6-10-18(12-17)27-15(4)24-25-26-27/h5-13,19H,1-4H3,(H,22,29)(H,23,28). The van der Waals surface area contributed by atoms with Gasteiger partial charge in [0.15, 0.2) is 5.82 Å². The van der Waals surface area contributed by atoms with Gasteiger partial charge in [-0.1, -0.05) is 37.6 Å². The number of hydrogen-bond donors (Lipinski definition) is 2. The van der Waals surface area contributed by atoms with Gasteiger partial charge in [-0.3, -0.25) is 9.59 Å². The van der Waals surface area contributed by atoms with E-state index >= 15 is 0 Å². The zero-order valence-corrected chi connectivity index (χ0v) is 16.9. The molecule has 29 heavy (non-hydrogen) atoms. The Balaban J connectivity index is 1.75. The highest BCUT2D eigenvalue weighted by molar-refractivity contribution is 6.01. The van der Waals surface area contributed by atoms with E-state index in [9.17, 15) is 9.59 Å². The van der Waals surface area contributed by atoms with E-state index in [4.69, 9.17) is 0 Å². The fourth-order valence-corrected chi connectivity index (χ4v) is 2.95. The van der Waals surface area contributed by atoms with E-state index in [1.165, 1.54) is 0 Å². The lowest BCUT2D eigenvalue weighted by atomic mass is 10.0. The maximum absolute atomic E-state index is 12.9. The number of benzene rings is 2. The molecule has 1 unspecified atom stereocenters. The van der Waals surface area contributed by atoms with Gasteiger partial charge in [0.1, 0.15) is 6.04 Å². The number of nitrogens with zero attached hydrogens (tertiary/aromatic N) is 4. The topological polar surface area (TPSA) is 102 Å². The quantitative estimate of drug-likeness (QED) is 0.671. The Morgan fingerprint density at radius 2 is 1.79 bits per heavy atom. The van der Waals surface area contributed by atoms with Crippen molar-refractivity contribution in [2.45, 2.75) is 33.7 Å². The summed E-state index contributed by atoms with van der Waals surface area (Å²) in [5, 5.41) is 17.2. The Hall–Kier alpha value is -3.55. The second-order valence-corrected chi connectivity index (χ2v) is 7.24. The molecule has 0 aliphatic rings. The summed E-state index contributed by atoms with van der Waals surface area (Å²) in [5.74, 6) is -0.0140. The second kappa shape index (κ2) is 8.64. The van der Waals surface area contributed by atoms with Gasteiger partial charge in [-0.05, 0) is 60.5 Å². The van der Waals surface area contributed by atoms with Crippen LogP contribution in [-0.2, 0) is 4.79 Å². The van der Waals surface area contributed by atoms with Crippen LogP contribution in [0.4, 0.5) is 5.69 Å². The lowest BCUT2D eigenvalue weighted by molar-refractivity contribution is -0.118. The molecular formula is C21H24N6O2. The molecule has 1 aromatic heterocycles. The minimum atomic E-state index is -0.679. The number of tetrazole rings is 1. The van der Waals surface area contributed by atoms with E-state index < -0.39 is 6.04 Å². The monoisotopic (exact) mass is 392 g/mol. The summed E-state index contributed by atoms with van der Waals surface area (Å²) in [6, 6.07) is 13.8. The van der Waals surface area contributed by atoms with Gasteiger partial charge in [-0.2, -0.15) is 4.68 Å². The van der Waals surface area contributed by atoms with Crippen molar-refractivity contribution < 1.29 is 9.59 Å². The van der Waals surface area contributed by atoms with Crippen molar-refractivity contribution in [3.63, 3.8) is 0 Å². The minimum Gasteiger partial charge on any atom is -0.340 e. The van der Waals surface area contributed by atoms with Gasteiger partial charge >= 0.3 is 0 Å². The van der Waals surface area contributed by atoms with Crippen molar-refractivity contribution in [2.24, 2.45) is 5.92 Å². The lowest BCUT2D eigenvalue weighted by Gasteiger charge is -2.22. The molecule has 150 valence electrons. The van der Waals surface area contributed by atoms with Gasteiger partial charge in [-0.15, -0.1) is 5.10 Å². The summed E-state index contributed by atoms with van der Waals surface area (Å²) in [6.07, 6.45) is 0. The Bertz CT molecular complexity index is 1030. The third kappa shape index (κ3) is 4.84. The van der Waals surface area contributed by atoms with Gasteiger partial charge in [0.25, 0.3) is 5.91 Å². The molecule has 2 amide bonds. The van der Waals surface area contributed by atoms with Gasteiger partial charge in [0, 0.05) is 11.3 Å². The van der Waals surface area contributed by atoms with E-state index in [1.54, 1.807) is 35.9 Å². The molecule has 0 radical (unpaired) electrons. The van der Waals surface area contributed by atoms with Gasteiger partial charge < -0.3 is 10.6 Å². The molecule has 0 spiro atoms. The minimum absolute atomic E-state index is 0.0892. The fraction of sp³-hybridized carbons (Fsp3) is 0.286. The van der Waals surface area contributed by atoms with E-state index in [0.717, 1.165) is 11.3 Å². The normalized spacial score (nSPS) is 11.9. The fourth-order valence-electron chi connectivity index (χ4n) is 2.95. The molecule has 0 saturated carbocycles. The van der Waals surface area contributed by atoms with E-state index in [-0.39, 0.29) is 17.7 Å². The highest BCUT2D eigenvalue weighted by atomic mass is 16.2. The number of carbonyl (C=O) groups is 2. The van der Waals surface area contributed by atoms with Gasteiger partial charge in [0.05, 0.1) is 5.69 Å². The Morgan fingerprint density at radius 3 is 2.45 bits per heavy atom. The number of aromatic nitrogens is 4. The average Bonchev–Trinajstić information content (AvgIpc) is 3.11. The zero-order chi connectivity index (χ0) is 21.0. The van der Waals surface area contributed by atoms with Crippen molar-refractivity contribution in [3.05, 3.63) is 65.5 Å². The largest absolute Gasteiger partial charge is 0.340 e. The average molecular weight is 392 g/mol. The van der Waals surface area contributed by atoms with Crippen LogP contribution < -0.4 is 10.6 Å². The summed E-state index contributed by atoms with van der Waals surface area (Å²) in [4.78, 5) is 25.5. The van der Waals surface area contributed by atoms with Crippen molar-refractivity contribution in [3.8, 4) is 5.69 Å². The zero-order valence-electron chi connectivity index (χ0n) is 16.9. The molecule has 8 nitrogen and oxygen atoms in total. The smallest absolute Gasteiger partial charge is 0.251 e. The maximum atomic E-state index is 12.9. The Labute approximate surface area is 169 Å². The summed E-state index contributed by atoms with van der Waals surface area (Å²) >= 11 is 0. The molecule has 8 heteroatoms. The maximum Gasteiger partial charge on any atom is 0.251 e. The van der Waals surface area contributed by atoms with Crippen LogP contribution in [0.5, 0.6) is 0 Å². The first-order valence-corrected chi connectivity index (χ1v) is 9.39. The Kier molecular flexibility index (Phi) is 6.01.